The van der Waals surface area contributed by atoms with Crippen molar-refractivity contribution in [1.29, 1.82) is 0 Å². The molecular formula is C16H26N2O. The minimum absolute atomic E-state index is 0.704. The fourth-order valence-electron chi connectivity index (χ4n) is 2.82. The summed E-state index contributed by atoms with van der Waals surface area (Å²) in [5.74, 6) is 0.704. The van der Waals surface area contributed by atoms with E-state index in [-0.39, 0.29) is 0 Å². The van der Waals surface area contributed by atoms with Crippen LogP contribution in [-0.2, 0) is 17.8 Å². The third-order valence-electron chi connectivity index (χ3n) is 3.75. The van der Waals surface area contributed by atoms with Crippen molar-refractivity contribution in [2.45, 2.75) is 25.9 Å². The summed E-state index contributed by atoms with van der Waals surface area (Å²) in [6.45, 7) is 4.98. The molecule has 0 radical (unpaired) electrons. The first-order valence-corrected chi connectivity index (χ1v) is 7.27. The smallest absolute Gasteiger partial charge is 0.0506 e. The Hall–Kier alpha value is -0.900. The summed E-state index contributed by atoms with van der Waals surface area (Å²) in [6.07, 6.45) is 2.53. The molecule has 0 aromatic heterocycles. The molecule has 0 aliphatic carbocycles. The van der Waals surface area contributed by atoms with Crippen molar-refractivity contribution in [1.82, 2.24) is 10.2 Å². The van der Waals surface area contributed by atoms with Crippen LogP contribution in [0.5, 0.6) is 0 Å². The average molecular weight is 262 g/mol. The topological polar surface area (TPSA) is 24.5 Å². The Morgan fingerprint density at radius 2 is 2.11 bits per heavy atom. The molecule has 1 aliphatic rings. The molecule has 19 heavy (non-hydrogen) atoms. The van der Waals surface area contributed by atoms with Crippen LogP contribution < -0.4 is 5.32 Å². The largest absolute Gasteiger partial charge is 0.381 e. The Morgan fingerprint density at radius 3 is 2.79 bits per heavy atom. The zero-order valence-corrected chi connectivity index (χ0v) is 12.2. The fourth-order valence-corrected chi connectivity index (χ4v) is 2.82. The Labute approximate surface area is 116 Å². The highest BCUT2D eigenvalue weighted by Crippen LogP contribution is 2.17. The van der Waals surface area contributed by atoms with E-state index in [0.29, 0.717) is 5.92 Å². The quantitative estimate of drug-likeness (QED) is 0.851. The van der Waals surface area contributed by atoms with Crippen LogP contribution in [0.3, 0.4) is 0 Å². The molecule has 1 saturated heterocycles. The van der Waals surface area contributed by atoms with Gasteiger partial charge in [0.25, 0.3) is 0 Å². The van der Waals surface area contributed by atoms with Crippen LogP contribution in [0.4, 0.5) is 0 Å². The van der Waals surface area contributed by atoms with Gasteiger partial charge in [0.05, 0.1) is 6.61 Å². The van der Waals surface area contributed by atoms with Crippen molar-refractivity contribution in [2.24, 2.45) is 5.92 Å². The van der Waals surface area contributed by atoms with Crippen LogP contribution in [0, 0.1) is 5.92 Å². The maximum atomic E-state index is 5.56. The van der Waals surface area contributed by atoms with Crippen LogP contribution in [0.2, 0.25) is 0 Å². The molecule has 0 bridgehead atoms. The highest BCUT2D eigenvalue weighted by Gasteiger charge is 2.16. The monoisotopic (exact) mass is 262 g/mol. The van der Waals surface area contributed by atoms with Gasteiger partial charge in [0.1, 0.15) is 0 Å². The fraction of sp³-hybridized carbons (Fsp3) is 0.625. The number of benzene rings is 1. The molecule has 2 rings (SSSR count). The van der Waals surface area contributed by atoms with E-state index in [1.165, 1.54) is 24.0 Å². The van der Waals surface area contributed by atoms with Crippen LogP contribution >= 0.6 is 0 Å². The van der Waals surface area contributed by atoms with Gasteiger partial charge in [-0.3, -0.25) is 0 Å². The predicted molar refractivity (Wildman–Crippen MR) is 79.1 cm³/mol. The number of nitrogens with zero attached hydrogens (tertiary/aromatic N) is 1. The normalized spacial score (nSPS) is 19.8. The molecule has 0 saturated carbocycles. The van der Waals surface area contributed by atoms with Crippen LogP contribution in [-0.4, -0.2) is 38.8 Å². The van der Waals surface area contributed by atoms with Gasteiger partial charge in [-0.25, -0.2) is 0 Å². The summed E-state index contributed by atoms with van der Waals surface area (Å²) in [6, 6.07) is 8.70. The van der Waals surface area contributed by atoms with Crippen molar-refractivity contribution < 1.29 is 4.74 Å². The molecule has 1 aliphatic heterocycles. The van der Waals surface area contributed by atoms with Crippen molar-refractivity contribution in [3.63, 3.8) is 0 Å². The minimum atomic E-state index is 0.704. The number of rotatable bonds is 6. The summed E-state index contributed by atoms with van der Waals surface area (Å²) in [5.41, 5.74) is 2.83. The van der Waals surface area contributed by atoms with Gasteiger partial charge >= 0.3 is 0 Å². The molecule has 1 atom stereocenters. The first-order valence-electron chi connectivity index (χ1n) is 7.27. The summed E-state index contributed by atoms with van der Waals surface area (Å²) >= 11 is 0. The van der Waals surface area contributed by atoms with Gasteiger partial charge in [-0.1, -0.05) is 24.3 Å². The van der Waals surface area contributed by atoms with Crippen LogP contribution in [0.1, 0.15) is 24.0 Å². The van der Waals surface area contributed by atoms with E-state index >= 15 is 0 Å². The van der Waals surface area contributed by atoms with Crippen molar-refractivity contribution in [3.8, 4) is 0 Å². The summed E-state index contributed by atoms with van der Waals surface area (Å²) in [5, 5.41) is 3.24. The van der Waals surface area contributed by atoms with Gasteiger partial charge in [0.15, 0.2) is 0 Å². The minimum Gasteiger partial charge on any atom is -0.381 e. The molecule has 0 spiro atoms. The molecule has 1 aromatic rings. The van der Waals surface area contributed by atoms with E-state index in [2.05, 4.69) is 41.5 Å². The lowest BCUT2D eigenvalue weighted by Crippen LogP contribution is -2.31. The van der Waals surface area contributed by atoms with Crippen LogP contribution in [0.25, 0.3) is 0 Å². The summed E-state index contributed by atoms with van der Waals surface area (Å²) in [7, 11) is 4.21. The Morgan fingerprint density at radius 1 is 1.32 bits per heavy atom. The van der Waals surface area contributed by atoms with Gasteiger partial charge in [-0.2, -0.15) is 0 Å². The highest BCUT2D eigenvalue weighted by atomic mass is 16.5. The van der Waals surface area contributed by atoms with Gasteiger partial charge < -0.3 is 15.0 Å². The van der Waals surface area contributed by atoms with Crippen LogP contribution in [0.15, 0.2) is 24.3 Å². The van der Waals surface area contributed by atoms with E-state index < -0.39 is 0 Å². The molecule has 0 amide bonds. The standard InChI is InChI=1S/C16H26N2O/c1-17-10-15-7-3-4-8-16(15)12-18(2)11-14-6-5-9-19-13-14/h3-4,7-8,14,17H,5-6,9-13H2,1-2H3. The second-order valence-corrected chi connectivity index (χ2v) is 5.58. The molecule has 1 fully saturated rings. The summed E-state index contributed by atoms with van der Waals surface area (Å²) < 4.78 is 5.56. The van der Waals surface area contributed by atoms with Gasteiger partial charge in [-0.05, 0) is 44.0 Å². The second-order valence-electron chi connectivity index (χ2n) is 5.58. The lowest BCUT2D eigenvalue weighted by Gasteiger charge is -2.27. The number of ether oxygens (including phenoxy) is 1. The van der Waals surface area contributed by atoms with Crippen molar-refractivity contribution in [2.75, 3.05) is 33.9 Å². The molecule has 1 aromatic carbocycles. The second kappa shape index (κ2) is 7.63. The maximum absolute atomic E-state index is 5.56. The lowest BCUT2D eigenvalue weighted by atomic mass is 10.0. The Bertz CT molecular complexity index is 375. The molecule has 1 N–H and O–H groups in total. The molecule has 1 heterocycles. The first kappa shape index (κ1) is 14.5. The average Bonchev–Trinajstić information content (AvgIpc) is 2.42. The van der Waals surface area contributed by atoms with E-state index in [0.717, 1.165) is 32.8 Å². The van der Waals surface area contributed by atoms with Crippen molar-refractivity contribution in [3.05, 3.63) is 35.4 Å². The van der Waals surface area contributed by atoms with Gasteiger partial charge in [-0.15, -0.1) is 0 Å². The van der Waals surface area contributed by atoms with Gasteiger partial charge in [0, 0.05) is 26.2 Å². The number of hydrogen-bond donors (Lipinski definition) is 1. The number of hydrogen-bond acceptors (Lipinski definition) is 3. The van der Waals surface area contributed by atoms with E-state index in [4.69, 9.17) is 4.74 Å². The summed E-state index contributed by atoms with van der Waals surface area (Å²) in [4.78, 5) is 2.42. The third kappa shape index (κ3) is 4.60. The molecule has 3 heteroatoms. The zero-order valence-electron chi connectivity index (χ0n) is 12.2. The number of nitrogens with one attached hydrogen (secondary N) is 1. The van der Waals surface area contributed by atoms with E-state index in [9.17, 15) is 0 Å². The van der Waals surface area contributed by atoms with Gasteiger partial charge in [0.2, 0.25) is 0 Å². The maximum Gasteiger partial charge on any atom is 0.0506 e. The molecule has 3 nitrogen and oxygen atoms in total. The predicted octanol–water partition coefficient (Wildman–Crippen LogP) is 2.26. The lowest BCUT2D eigenvalue weighted by molar-refractivity contribution is 0.0411. The third-order valence-corrected chi connectivity index (χ3v) is 3.75. The SMILES string of the molecule is CNCc1ccccc1CN(C)CC1CCCOC1. The molecular weight excluding hydrogens is 236 g/mol. The molecule has 1 unspecified atom stereocenters. The zero-order chi connectivity index (χ0) is 13.5. The Balaban J connectivity index is 1.88. The van der Waals surface area contributed by atoms with E-state index in [1.54, 1.807) is 0 Å². The Kier molecular flexibility index (Phi) is 5.83. The molecule has 106 valence electrons. The highest BCUT2D eigenvalue weighted by molar-refractivity contribution is 5.26. The van der Waals surface area contributed by atoms with E-state index in [1.807, 2.05) is 7.05 Å². The first-order chi connectivity index (χ1) is 9.29. The van der Waals surface area contributed by atoms with Crippen molar-refractivity contribution >= 4 is 0 Å².